The summed E-state index contributed by atoms with van der Waals surface area (Å²) >= 11 is 0. The molecule has 1 aliphatic heterocycles. The quantitative estimate of drug-likeness (QED) is 0.906. The number of nitrogens with one attached hydrogen (secondary N) is 1. The lowest BCUT2D eigenvalue weighted by Gasteiger charge is -2.19. The summed E-state index contributed by atoms with van der Waals surface area (Å²) in [6, 6.07) is 11.2. The van der Waals surface area contributed by atoms with Crippen LogP contribution in [0.4, 0.5) is 5.82 Å². The highest BCUT2D eigenvalue weighted by molar-refractivity contribution is 5.92. The average Bonchev–Trinajstić information content (AvgIpc) is 2.76. The minimum Gasteiger partial charge on any atom is -0.491 e. The standard InChI is InChI=1S/C15H16N4O2/c1-16-14-7-6-12(17-18-14)15(20)19-8-9-21-13-5-3-2-4-11(13)10-19/h2-7H,8-10H2,1H3,(H,16,18). The predicted molar refractivity (Wildman–Crippen MR) is 78.3 cm³/mol. The SMILES string of the molecule is CNc1ccc(C(=O)N2CCOc3ccccc3C2)nn1. The lowest BCUT2D eigenvalue weighted by molar-refractivity contribution is 0.0726. The largest absolute Gasteiger partial charge is 0.491 e. The number of hydrogen-bond donors (Lipinski definition) is 1. The van der Waals surface area contributed by atoms with Crippen LogP contribution in [0.25, 0.3) is 0 Å². The van der Waals surface area contributed by atoms with Crippen molar-refractivity contribution in [3.8, 4) is 5.75 Å². The van der Waals surface area contributed by atoms with E-state index in [0.29, 0.717) is 31.2 Å². The fourth-order valence-corrected chi connectivity index (χ4v) is 2.24. The number of ether oxygens (including phenoxy) is 1. The molecule has 21 heavy (non-hydrogen) atoms. The van der Waals surface area contributed by atoms with Gasteiger partial charge in [0.05, 0.1) is 6.54 Å². The molecule has 0 fully saturated rings. The van der Waals surface area contributed by atoms with Crippen molar-refractivity contribution in [2.75, 3.05) is 25.5 Å². The number of benzene rings is 1. The molecule has 0 atom stereocenters. The van der Waals surface area contributed by atoms with Crippen molar-refractivity contribution in [2.24, 2.45) is 0 Å². The summed E-state index contributed by atoms with van der Waals surface area (Å²) in [7, 11) is 1.76. The van der Waals surface area contributed by atoms with Crippen LogP contribution in [-0.4, -0.2) is 41.2 Å². The molecule has 6 heteroatoms. The van der Waals surface area contributed by atoms with Crippen molar-refractivity contribution in [1.82, 2.24) is 15.1 Å². The smallest absolute Gasteiger partial charge is 0.274 e. The van der Waals surface area contributed by atoms with Gasteiger partial charge in [-0.1, -0.05) is 18.2 Å². The average molecular weight is 284 g/mol. The molecule has 0 spiro atoms. The van der Waals surface area contributed by atoms with Gasteiger partial charge < -0.3 is 15.0 Å². The molecule has 3 rings (SSSR count). The van der Waals surface area contributed by atoms with Crippen LogP contribution in [0.3, 0.4) is 0 Å². The summed E-state index contributed by atoms with van der Waals surface area (Å²) in [6.45, 7) is 1.53. The van der Waals surface area contributed by atoms with E-state index in [-0.39, 0.29) is 5.91 Å². The summed E-state index contributed by atoms with van der Waals surface area (Å²) in [6.07, 6.45) is 0. The van der Waals surface area contributed by atoms with Gasteiger partial charge in [-0.15, -0.1) is 10.2 Å². The summed E-state index contributed by atoms with van der Waals surface area (Å²) in [5.41, 5.74) is 1.34. The van der Waals surface area contributed by atoms with E-state index >= 15 is 0 Å². The first-order valence-electron chi connectivity index (χ1n) is 6.79. The van der Waals surface area contributed by atoms with Crippen molar-refractivity contribution >= 4 is 11.7 Å². The van der Waals surface area contributed by atoms with Crippen LogP contribution in [0.15, 0.2) is 36.4 Å². The minimum absolute atomic E-state index is 0.134. The summed E-state index contributed by atoms with van der Waals surface area (Å²) in [5, 5.41) is 10.8. The van der Waals surface area contributed by atoms with Gasteiger partial charge in [0.25, 0.3) is 5.91 Å². The first-order chi connectivity index (χ1) is 10.3. The summed E-state index contributed by atoms with van der Waals surface area (Å²) in [5.74, 6) is 1.34. The van der Waals surface area contributed by atoms with E-state index < -0.39 is 0 Å². The zero-order valence-corrected chi connectivity index (χ0v) is 11.7. The van der Waals surface area contributed by atoms with E-state index in [0.717, 1.165) is 11.3 Å². The van der Waals surface area contributed by atoms with E-state index in [4.69, 9.17) is 4.74 Å². The second-order valence-corrected chi connectivity index (χ2v) is 4.74. The second-order valence-electron chi connectivity index (χ2n) is 4.74. The molecule has 108 valence electrons. The fraction of sp³-hybridized carbons (Fsp3) is 0.267. The predicted octanol–water partition coefficient (Wildman–Crippen LogP) is 1.55. The van der Waals surface area contributed by atoms with Crippen LogP contribution >= 0.6 is 0 Å². The van der Waals surface area contributed by atoms with Crippen LogP contribution in [0.2, 0.25) is 0 Å². The molecule has 1 aromatic heterocycles. The van der Waals surface area contributed by atoms with Gasteiger partial charge in [-0.2, -0.15) is 0 Å². The molecule has 1 aromatic carbocycles. The Hall–Kier alpha value is -2.63. The molecule has 6 nitrogen and oxygen atoms in total. The Labute approximate surface area is 122 Å². The fourth-order valence-electron chi connectivity index (χ4n) is 2.24. The number of para-hydroxylation sites is 1. The third-order valence-corrected chi connectivity index (χ3v) is 3.38. The zero-order chi connectivity index (χ0) is 14.7. The minimum atomic E-state index is -0.134. The molecule has 2 aromatic rings. The molecular formula is C15H16N4O2. The van der Waals surface area contributed by atoms with Gasteiger partial charge in [0.15, 0.2) is 5.69 Å². The lowest BCUT2D eigenvalue weighted by atomic mass is 10.2. The van der Waals surface area contributed by atoms with Crippen molar-refractivity contribution < 1.29 is 9.53 Å². The highest BCUT2D eigenvalue weighted by atomic mass is 16.5. The van der Waals surface area contributed by atoms with Crippen molar-refractivity contribution in [3.63, 3.8) is 0 Å². The van der Waals surface area contributed by atoms with E-state index in [1.165, 1.54) is 0 Å². The maximum absolute atomic E-state index is 12.5. The van der Waals surface area contributed by atoms with Crippen LogP contribution in [0.5, 0.6) is 5.75 Å². The lowest BCUT2D eigenvalue weighted by Crippen LogP contribution is -2.33. The monoisotopic (exact) mass is 284 g/mol. The number of carbonyl (C=O) groups is 1. The molecule has 1 N–H and O–H groups in total. The Balaban J connectivity index is 1.81. The number of aromatic nitrogens is 2. The van der Waals surface area contributed by atoms with Crippen molar-refractivity contribution in [1.29, 1.82) is 0 Å². The van der Waals surface area contributed by atoms with Gasteiger partial charge in [0.1, 0.15) is 18.2 Å². The number of anilines is 1. The number of fused-ring (bicyclic) bond motifs is 1. The Morgan fingerprint density at radius 1 is 1.24 bits per heavy atom. The molecule has 0 bridgehead atoms. The van der Waals surface area contributed by atoms with Gasteiger partial charge in [-0.3, -0.25) is 4.79 Å². The molecule has 0 radical (unpaired) electrons. The molecular weight excluding hydrogens is 268 g/mol. The van der Waals surface area contributed by atoms with Crippen molar-refractivity contribution in [2.45, 2.75) is 6.54 Å². The van der Waals surface area contributed by atoms with Crippen LogP contribution in [0.1, 0.15) is 16.1 Å². The van der Waals surface area contributed by atoms with Crippen LogP contribution < -0.4 is 10.1 Å². The normalized spacial score (nSPS) is 13.9. The molecule has 0 saturated heterocycles. The Morgan fingerprint density at radius 2 is 2.10 bits per heavy atom. The van der Waals surface area contributed by atoms with Crippen LogP contribution in [-0.2, 0) is 6.54 Å². The molecule has 0 unspecified atom stereocenters. The van der Waals surface area contributed by atoms with E-state index in [1.54, 1.807) is 24.1 Å². The third-order valence-electron chi connectivity index (χ3n) is 3.38. The summed E-state index contributed by atoms with van der Waals surface area (Å²) in [4.78, 5) is 14.2. The summed E-state index contributed by atoms with van der Waals surface area (Å²) < 4.78 is 5.66. The Bertz CT molecular complexity index is 642. The maximum Gasteiger partial charge on any atom is 0.274 e. The highest BCUT2D eigenvalue weighted by Crippen LogP contribution is 2.23. The topological polar surface area (TPSA) is 67.4 Å². The number of rotatable bonds is 2. The first kappa shape index (κ1) is 13.4. The molecule has 1 aliphatic rings. The maximum atomic E-state index is 12.5. The number of hydrogen-bond acceptors (Lipinski definition) is 5. The highest BCUT2D eigenvalue weighted by Gasteiger charge is 2.21. The molecule has 1 amide bonds. The molecule has 0 saturated carbocycles. The van der Waals surface area contributed by atoms with Crippen LogP contribution in [0, 0.1) is 0 Å². The van der Waals surface area contributed by atoms with E-state index in [1.807, 2.05) is 24.3 Å². The first-order valence-corrected chi connectivity index (χ1v) is 6.79. The van der Waals surface area contributed by atoms with Gasteiger partial charge in [0.2, 0.25) is 0 Å². The van der Waals surface area contributed by atoms with Gasteiger partial charge in [-0.25, -0.2) is 0 Å². The van der Waals surface area contributed by atoms with E-state index in [2.05, 4.69) is 15.5 Å². The van der Waals surface area contributed by atoms with Gasteiger partial charge in [-0.05, 0) is 18.2 Å². The second kappa shape index (κ2) is 5.78. The molecule has 0 aliphatic carbocycles. The number of amides is 1. The zero-order valence-electron chi connectivity index (χ0n) is 11.7. The number of carbonyl (C=O) groups excluding carboxylic acids is 1. The Kier molecular flexibility index (Phi) is 3.68. The van der Waals surface area contributed by atoms with Crippen molar-refractivity contribution in [3.05, 3.63) is 47.7 Å². The third kappa shape index (κ3) is 2.79. The van der Waals surface area contributed by atoms with Gasteiger partial charge in [0, 0.05) is 19.2 Å². The number of nitrogens with zero attached hydrogens (tertiary/aromatic N) is 3. The van der Waals surface area contributed by atoms with Gasteiger partial charge >= 0.3 is 0 Å². The van der Waals surface area contributed by atoms with E-state index in [9.17, 15) is 4.79 Å². The molecule has 2 heterocycles. The Morgan fingerprint density at radius 3 is 2.86 bits per heavy atom.